The highest BCUT2D eigenvalue weighted by molar-refractivity contribution is 5.98. The van der Waals surface area contributed by atoms with Crippen LogP contribution >= 0.6 is 0 Å². The number of carbonyl (C=O) groups excluding carboxylic acids is 2. The molecule has 2 saturated carbocycles. The van der Waals surface area contributed by atoms with Crippen LogP contribution in [-0.4, -0.2) is 18.4 Å². The van der Waals surface area contributed by atoms with Gasteiger partial charge in [-0.2, -0.15) is 0 Å². The molecule has 0 spiro atoms. The maximum atomic E-state index is 12.1. The summed E-state index contributed by atoms with van der Waals surface area (Å²) < 4.78 is 5.11. The number of ketones is 1. The molecule has 1 aromatic carbocycles. The molecule has 0 N–H and O–H groups in total. The quantitative estimate of drug-likeness (QED) is 0.607. The average molecular weight is 300 g/mol. The Kier molecular flexibility index (Phi) is 4.60. The number of esters is 1. The van der Waals surface area contributed by atoms with Crippen molar-refractivity contribution in [3.05, 3.63) is 35.4 Å². The maximum absolute atomic E-state index is 12.1. The molecule has 2 atom stereocenters. The van der Waals surface area contributed by atoms with E-state index in [0.717, 1.165) is 6.42 Å². The number of hydrogen-bond donors (Lipinski definition) is 0. The van der Waals surface area contributed by atoms with Gasteiger partial charge in [0, 0.05) is 5.56 Å². The van der Waals surface area contributed by atoms with E-state index in [1.54, 1.807) is 0 Å². The van der Waals surface area contributed by atoms with Crippen LogP contribution in [0.1, 0.15) is 67.3 Å². The summed E-state index contributed by atoms with van der Waals surface area (Å²) in [6, 6.07) is 7.88. The molecule has 2 aliphatic rings. The van der Waals surface area contributed by atoms with Crippen LogP contribution in [0.15, 0.2) is 24.3 Å². The molecule has 0 amide bonds. The van der Waals surface area contributed by atoms with Crippen molar-refractivity contribution >= 4 is 11.8 Å². The highest BCUT2D eigenvalue weighted by atomic mass is 16.5. The summed E-state index contributed by atoms with van der Waals surface area (Å²) in [7, 11) is 0. The van der Waals surface area contributed by atoms with E-state index in [1.165, 1.54) is 37.7 Å². The fourth-order valence-electron chi connectivity index (χ4n) is 3.35. The number of hydrogen-bond acceptors (Lipinski definition) is 3. The molecule has 118 valence electrons. The van der Waals surface area contributed by atoms with Crippen LogP contribution in [0.3, 0.4) is 0 Å². The minimum Gasteiger partial charge on any atom is -0.457 e. The zero-order valence-electron chi connectivity index (χ0n) is 13.2. The first-order chi connectivity index (χ1) is 10.6. The monoisotopic (exact) mass is 300 g/mol. The molecule has 2 unspecified atom stereocenters. The van der Waals surface area contributed by atoms with Gasteiger partial charge >= 0.3 is 5.97 Å². The Morgan fingerprint density at radius 1 is 1.09 bits per heavy atom. The van der Waals surface area contributed by atoms with Gasteiger partial charge in [-0.1, -0.05) is 50.5 Å². The Morgan fingerprint density at radius 3 is 2.32 bits per heavy atom. The summed E-state index contributed by atoms with van der Waals surface area (Å²) >= 11 is 0. The first kappa shape index (κ1) is 15.3. The first-order valence-corrected chi connectivity index (χ1v) is 8.45. The third-order valence-corrected chi connectivity index (χ3v) is 5.07. The summed E-state index contributed by atoms with van der Waals surface area (Å²) in [4.78, 5) is 23.7. The van der Waals surface area contributed by atoms with Crippen LogP contribution in [0.5, 0.6) is 0 Å². The van der Waals surface area contributed by atoms with E-state index < -0.39 is 0 Å². The zero-order chi connectivity index (χ0) is 15.5. The molecule has 2 fully saturated rings. The highest BCUT2D eigenvalue weighted by Gasteiger charge is 2.40. The molecular formula is C19H24O3. The Balaban J connectivity index is 1.53. The Morgan fingerprint density at radius 2 is 1.73 bits per heavy atom. The number of rotatable bonds is 5. The molecule has 0 saturated heterocycles. The van der Waals surface area contributed by atoms with Gasteiger partial charge < -0.3 is 4.74 Å². The lowest BCUT2D eigenvalue weighted by atomic mass is 9.84. The van der Waals surface area contributed by atoms with Crippen LogP contribution in [-0.2, 0) is 9.53 Å². The summed E-state index contributed by atoms with van der Waals surface area (Å²) in [5, 5.41) is 0. The lowest BCUT2D eigenvalue weighted by Gasteiger charge is -2.22. The number of carbonyl (C=O) groups is 2. The van der Waals surface area contributed by atoms with Crippen molar-refractivity contribution in [2.75, 3.05) is 6.61 Å². The van der Waals surface area contributed by atoms with Gasteiger partial charge in [-0.05, 0) is 36.7 Å². The SMILES string of the molecule is CC1CC1C(=O)OCC(=O)c1ccc(C2CCCCC2)cc1. The van der Waals surface area contributed by atoms with Crippen LogP contribution in [0.25, 0.3) is 0 Å². The van der Waals surface area contributed by atoms with E-state index in [4.69, 9.17) is 4.74 Å². The van der Waals surface area contributed by atoms with E-state index in [9.17, 15) is 9.59 Å². The molecule has 0 heterocycles. The number of benzene rings is 1. The molecule has 0 radical (unpaired) electrons. The van der Waals surface area contributed by atoms with E-state index in [-0.39, 0.29) is 24.3 Å². The highest BCUT2D eigenvalue weighted by Crippen LogP contribution is 2.38. The normalized spacial score (nSPS) is 24.8. The number of ether oxygens (including phenoxy) is 1. The fraction of sp³-hybridized carbons (Fsp3) is 0.579. The smallest absolute Gasteiger partial charge is 0.309 e. The molecule has 0 aromatic heterocycles. The first-order valence-electron chi connectivity index (χ1n) is 8.45. The van der Waals surface area contributed by atoms with E-state index in [1.807, 2.05) is 19.1 Å². The predicted molar refractivity (Wildman–Crippen MR) is 84.8 cm³/mol. The van der Waals surface area contributed by atoms with Gasteiger partial charge in [-0.3, -0.25) is 9.59 Å². The molecule has 2 aliphatic carbocycles. The van der Waals surface area contributed by atoms with Crippen LogP contribution in [0.2, 0.25) is 0 Å². The van der Waals surface area contributed by atoms with Crippen LogP contribution in [0.4, 0.5) is 0 Å². The summed E-state index contributed by atoms with van der Waals surface area (Å²) in [6.45, 7) is 1.89. The van der Waals surface area contributed by atoms with Gasteiger partial charge in [0.25, 0.3) is 0 Å². The second-order valence-corrected chi connectivity index (χ2v) is 6.81. The minimum absolute atomic E-state index is 0.0153. The van der Waals surface area contributed by atoms with Crippen molar-refractivity contribution in [2.24, 2.45) is 11.8 Å². The van der Waals surface area contributed by atoms with Gasteiger partial charge in [0.15, 0.2) is 12.4 Å². The van der Waals surface area contributed by atoms with Crippen molar-refractivity contribution in [1.29, 1.82) is 0 Å². The van der Waals surface area contributed by atoms with Gasteiger partial charge in [-0.15, -0.1) is 0 Å². The Bertz CT molecular complexity index is 540. The summed E-state index contributed by atoms with van der Waals surface area (Å²) in [5.74, 6) is 0.738. The minimum atomic E-state index is -0.223. The second kappa shape index (κ2) is 6.64. The maximum Gasteiger partial charge on any atom is 0.309 e. The third-order valence-electron chi connectivity index (χ3n) is 5.07. The molecule has 0 aliphatic heterocycles. The molecule has 3 heteroatoms. The third kappa shape index (κ3) is 3.57. The molecule has 3 rings (SSSR count). The number of Topliss-reactive ketones (excluding diaryl/α,β-unsaturated/α-hetero) is 1. The van der Waals surface area contributed by atoms with Gasteiger partial charge in [-0.25, -0.2) is 0 Å². The largest absolute Gasteiger partial charge is 0.457 e. The Labute approximate surface area is 132 Å². The van der Waals surface area contributed by atoms with Crippen molar-refractivity contribution in [2.45, 2.75) is 51.4 Å². The van der Waals surface area contributed by atoms with E-state index in [2.05, 4.69) is 12.1 Å². The van der Waals surface area contributed by atoms with Crippen molar-refractivity contribution < 1.29 is 14.3 Å². The van der Waals surface area contributed by atoms with Gasteiger partial charge in [0.1, 0.15) is 0 Å². The van der Waals surface area contributed by atoms with Crippen molar-refractivity contribution in [3.63, 3.8) is 0 Å². The molecule has 3 nitrogen and oxygen atoms in total. The lowest BCUT2D eigenvalue weighted by molar-refractivity contribution is -0.144. The van der Waals surface area contributed by atoms with Crippen LogP contribution < -0.4 is 0 Å². The fourth-order valence-corrected chi connectivity index (χ4v) is 3.35. The van der Waals surface area contributed by atoms with Crippen molar-refractivity contribution in [1.82, 2.24) is 0 Å². The molecule has 0 bridgehead atoms. The lowest BCUT2D eigenvalue weighted by Crippen LogP contribution is -2.16. The average Bonchev–Trinajstić information content (AvgIpc) is 3.30. The Hall–Kier alpha value is -1.64. The van der Waals surface area contributed by atoms with Gasteiger partial charge in [0.05, 0.1) is 5.92 Å². The van der Waals surface area contributed by atoms with E-state index >= 15 is 0 Å². The molecule has 22 heavy (non-hydrogen) atoms. The van der Waals surface area contributed by atoms with E-state index in [0.29, 0.717) is 17.4 Å². The zero-order valence-corrected chi connectivity index (χ0v) is 13.2. The van der Waals surface area contributed by atoms with Crippen LogP contribution in [0, 0.1) is 11.8 Å². The predicted octanol–water partition coefficient (Wildman–Crippen LogP) is 4.12. The summed E-state index contributed by atoms with van der Waals surface area (Å²) in [6.07, 6.45) is 7.36. The summed E-state index contributed by atoms with van der Waals surface area (Å²) in [5.41, 5.74) is 1.97. The van der Waals surface area contributed by atoms with Gasteiger partial charge in [0.2, 0.25) is 0 Å². The molecule has 1 aromatic rings. The second-order valence-electron chi connectivity index (χ2n) is 6.81. The standard InChI is InChI=1S/C19H24O3/c1-13-11-17(13)19(21)22-12-18(20)16-9-7-15(8-10-16)14-5-3-2-4-6-14/h7-10,13-14,17H,2-6,11-12H2,1H3. The van der Waals surface area contributed by atoms with Crippen molar-refractivity contribution in [3.8, 4) is 0 Å². The molecular weight excluding hydrogens is 276 g/mol. The topological polar surface area (TPSA) is 43.4 Å².